The number of hydrogen-bond donors (Lipinski definition) is 3. The molecule has 4 rings (SSSR count). The molecule has 10 heteroatoms. The summed E-state index contributed by atoms with van der Waals surface area (Å²) in [5.41, 5.74) is 9.54. The van der Waals surface area contributed by atoms with Crippen LogP contribution in [0, 0.1) is 4.91 Å². The molecule has 0 aliphatic carbocycles. The van der Waals surface area contributed by atoms with Gasteiger partial charge >= 0.3 is 0 Å². The number of phenolic OH excluding ortho intramolecular Hbond substituents is 2. The molecule has 0 saturated carbocycles. The molecule has 0 aliphatic rings. The van der Waals surface area contributed by atoms with E-state index in [-0.39, 0.29) is 17.1 Å². The molecule has 4 aromatic rings. The minimum atomic E-state index is -0.444. The molecule has 2 aromatic carbocycles. The average Bonchev–Trinajstić information content (AvgIpc) is 2.84. The largest absolute Gasteiger partial charge is 0.505 e. The highest BCUT2D eigenvalue weighted by Crippen LogP contribution is 2.39. The van der Waals surface area contributed by atoms with Crippen molar-refractivity contribution in [1.82, 2.24) is 9.97 Å². The summed E-state index contributed by atoms with van der Waals surface area (Å²) < 4.78 is 0. The van der Waals surface area contributed by atoms with Crippen LogP contribution in [-0.4, -0.2) is 20.2 Å². The quantitative estimate of drug-likeness (QED) is 0.181. The first-order chi connectivity index (χ1) is 16.5. The van der Waals surface area contributed by atoms with Gasteiger partial charge in [-0.15, -0.1) is 10.0 Å². The fourth-order valence-electron chi connectivity index (χ4n) is 3.31. The van der Waals surface area contributed by atoms with E-state index in [4.69, 9.17) is 5.73 Å². The maximum atomic E-state index is 10.8. The summed E-state index contributed by atoms with van der Waals surface area (Å²) in [4.78, 5) is 21.7. The maximum absolute atomic E-state index is 10.8. The first-order valence-electron chi connectivity index (χ1n) is 10.3. The maximum Gasteiger partial charge on any atom is 0.152 e. The van der Waals surface area contributed by atoms with Gasteiger partial charge < -0.3 is 20.8 Å². The summed E-state index contributed by atoms with van der Waals surface area (Å²) in [5.74, 6) is -0.781. The molecule has 10 nitrogen and oxygen atoms in total. The van der Waals surface area contributed by atoms with Gasteiger partial charge in [0.15, 0.2) is 5.69 Å². The van der Waals surface area contributed by atoms with E-state index in [2.05, 4.69) is 30.3 Å². The number of nitroso groups, excluding NO2 is 1. The normalized spacial score (nSPS) is 10.9. The smallest absolute Gasteiger partial charge is 0.152 e. The molecule has 2 heterocycles. The van der Waals surface area contributed by atoms with Crippen LogP contribution < -0.4 is 10.6 Å². The Hall–Kier alpha value is -4.86. The summed E-state index contributed by atoms with van der Waals surface area (Å²) in [7, 11) is 0. The van der Waals surface area contributed by atoms with Gasteiger partial charge in [0.25, 0.3) is 0 Å². The van der Waals surface area contributed by atoms with Gasteiger partial charge in [-0.2, -0.15) is 5.11 Å². The predicted octanol–water partition coefficient (Wildman–Crippen LogP) is 5.49. The Kier molecular flexibility index (Phi) is 6.68. The molecule has 0 aliphatic heterocycles. The minimum Gasteiger partial charge on any atom is -0.505 e. The zero-order valence-corrected chi connectivity index (χ0v) is 18.0. The topological polar surface area (TPSA) is 150 Å². The second-order valence-corrected chi connectivity index (χ2v) is 7.36. The molecule has 0 bridgehead atoms. The number of benzene rings is 2. The number of aromatic hydroxyl groups is 2. The molecule has 0 amide bonds. The van der Waals surface area contributed by atoms with Crippen LogP contribution in [0.25, 0.3) is 0 Å². The van der Waals surface area contributed by atoms with Gasteiger partial charge in [-0.3, -0.25) is 9.97 Å². The highest BCUT2D eigenvalue weighted by Gasteiger charge is 2.14. The Labute approximate surface area is 195 Å². The van der Waals surface area contributed by atoms with E-state index in [1.54, 1.807) is 24.5 Å². The molecule has 170 valence electrons. The number of nitrogens with zero attached hydrogens (tertiary/aromatic N) is 6. The molecule has 0 spiro atoms. The number of nitrogen functional groups attached to an aromatic ring is 1. The van der Waals surface area contributed by atoms with Gasteiger partial charge in [0.1, 0.15) is 17.2 Å². The number of aromatic nitrogens is 2. The lowest BCUT2D eigenvalue weighted by Gasteiger charge is -2.25. The van der Waals surface area contributed by atoms with Crippen molar-refractivity contribution in [1.29, 1.82) is 0 Å². The summed E-state index contributed by atoms with van der Waals surface area (Å²) in [6.07, 6.45) is 3.48. The molecule has 2 aromatic heterocycles. The summed E-state index contributed by atoms with van der Waals surface area (Å²) in [6.45, 7) is 1.04. The SMILES string of the molecule is Nc1cc(N=Nc2cc(N=O)c(O)cc2O)ccc1N(Cc1ccccn1)Cc1ccccn1. The van der Waals surface area contributed by atoms with E-state index >= 15 is 0 Å². The van der Waals surface area contributed by atoms with E-state index in [0.29, 0.717) is 24.5 Å². The minimum absolute atomic E-state index is 0.0121. The fraction of sp³-hybridized carbons (Fsp3) is 0.0833. The summed E-state index contributed by atoms with van der Waals surface area (Å²) in [5, 5.41) is 30.2. The molecule has 0 saturated heterocycles. The van der Waals surface area contributed by atoms with E-state index in [0.717, 1.165) is 29.2 Å². The number of rotatable bonds is 8. The number of hydrogen-bond acceptors (Lipinski definition) is 10. The van der Waals surface area contributed by atoms with Gasteiger partial charge in [-0.25, -0.2) is 0 Å². The Bertz CT molecular complexity index is 1270. The van der Waals surface area contributed by atoms with Crippen LogP contribution >= 0.6 is 0 Å². The van der Waals surface area contributed by atoms with E-state index in [9.17, 15) is 15.1 Å². The lowest BCUT2D eigenvalue weighted by atomic mass is 10.2. The highest BCUT2D eigenvalue weighted by atomic mass is 16.3. The van der Waals surface area contributed by atoms with Gasteiger partial charge in [0, 0.05) is 24.5 Å². The average molecular weight is 455 g/mol. The van der Waals surface area contributed by atoms with Crippen molar-refractivity contribution in [2.45, 2.75) is 13.1 Å². The Balaban J connectivity index is 1.61. The zero-order chi connectivity index (χ0) is 23.9. The monoisotopic (exact) mass is 455 g/mol. The lowest BCUT2D eigenvalue weighted by Crippen LogP contribution is -2.24. The Morgan fingerprint density at radius 2 is 1.44 bits per heavy atom. The van der Waals surface area contributed by atoms with Crippen molar-refractivity contribution in [2.75, 3.05) is 10.6 Å². The van der Waals surface area contributed by atoms with Crippen molar-refractivity contribution in [3.05, 3.63) is 95.4 Å². The molecule has 0 atom stereocenters. The van der Waals surface area contributed by atoms with Crippen LogP contribution in [0.3, 0.4) is 0 Å². The van der Waals surface area contributed by atoms with Crippen molar-refractivity contribution < 1.29 is 10.2 Å². The van der Waals surface area contributed by atoms with E-state index < -0.39 is 5.75 Å². The second-order valence-electron chi connectivity index (χ2n) is 7.36. The van der Waals surface area contributed by atoms with Crippen LogP contribution in [0.1, 0.15) is 11.4 Å². The van der Waals surface area contributed by atoms with Crippen molar-refractivity contribution in [3.8, 4) is 11.5 Å². The van der Waals surface area contributed by atoms with E-state index in [1.165, 1.54) is 0 Å². The van der Waals surface area contributed by atoms with Crippen molar-refractivity contribution in [2.24, 2.45) is 15.4 Å². The number of pyridine rings is 2. The molecule has 0 radical (unpaired) electrons. The lowest BCUT2D eigenvalue weighted by molar-refractivity contribution is 0.452. The fourth-order valence-corrected chi connectivity index (χ4v) is 3.31. The van der Waals surface area contributed by atoms with Crippen LogP contribution in [0.15, 0.2) is 94.5 Å². The second kappa shape index (κ2) is 10.2. The molecule has 4 N–H and O–H groups in total. The van der Waals surface area contributed by atoms with Gasteiger partial charge in [-0.1, -0.05) is 12.1 Å². The summed E-state index contributed by atoms with van der Waals surface area (Å²) in [6, 6.07) is 18.8. The first kappa shape index (κ1) is 22.3. The Morgan fingerprint density at radius 1 is 0.794 bits per heavy atom. The summed E-state index contributed by atoms with van der Waals surface area (Å²) >= 11 is 0. The Morgan fingerprint density at radius 3 is 2.00 bits per heavy atom. The number of phenols is 2. The predicted molar refractivity (Wildman–Crippen MR) is 129 cm³/mol. The van der Waals surface area contributed by atoms with Crippen molar-refractivity contribution >= 4 is 28.4 Å². The number of azo groups is 1. The van der Waals surface area contributed by atoms with E-state index in [1.807, 2.05) is 42.5 Å². The molecular weight excluding hydrogens is 434 g/mol. The zero-order valence-electron chi connectivity index (χ0n) is 18.0. The molecular formula is C24H21N7O3. The first-order valence-corrected chi connectivity index (χ1v) is 10.3. The third-order valence-corrected chi connectivity index (χ3v) is 4.95. The highest BCUT2D eigenvalue weighted by molar-refractivity contribution is 5.72. The van der Waals surface area contributed by atoms with Gasteiger partial charge in [-0.05, 0) is 47.6 Å². The third-order valence-electron chi connectivity index (χ3n) is 4.95. The van der Waals surface area contributed by atoms with Crippen molar-refractivity contribution in [3.63, 3.8) is 0 Å². The van der Waals surface area contributed by atoms with Crippen LogP contribution in [0.5, 0.6) is 11.5 Å². The third kappa shape index (κ3) is 5.30. The van der Waals surface area contributed by atoms with Gasteiger partial charge in [0.05, 0.1) is 41.5 Å². The van der Waals surface area contributed by atoms with Crippen LogP contribution in [0.4, 0.5) is 28.4 Å². The van der Waals surface area contributed by atoms with Crippen LogP contribution in [-0.2, 0) is 13.1 Å². The number of nitrogens with two attached hydrogens (primary N) is 1. The van der Waals surface area contributed by atoms with Gasteiger partial charge in [0.2, 0.25) is 0 Å². The molecule has 34 heavy (non-hydrogen) atoms. The van der Waals surface area contributed by atoms with Crippen LogP contribution in [0.2, 0.25) is 0 Å². The molecule has 0 fully saturated rings. The number of anilines is 2. The molecule has 0 unspecified atom stereocenters. The standard InChI is InChI=1S/C24H21N7O3/c25-19-11-16(28-29-20-12-21(30-34)24(33)13-23(20)32)7-8-22(19)31(14-17-5-1-3-9-26-17)15-18-6-2-4-10-27-18/h1-13,32-33H,14-15,25H2.